The Labute approximate surface area is 99.7 Å². The molecule has 1 aromatic carbocycles. The summed E-state index contributed by atoms with van der Waals surface area (Å²) in [5.41, 5.74) is 1.21. The Balaban J connectivity index is 2.20. The van der Waals surface area contributed by atoms with Crippen LogP contribution in [-0.2, 0) is 6.54 Å². The normalized spacial score (nSPS) is 9.27. The third-order valence-corrected chi connectivity index (χ3v) is 3.04. The molecule has 78 valence electrons. The SMILES string of the molecule is N#CCCSC(=S)NCc1ccccc1. The zero-order chi connectivity index (χ0) is 10.9. The van der Waals surface area contributed by atoms with Gasteiger partial charge in [0.25, 0.3) is 0 Å². The number of rotatable bonds is 4. The monoisotopic (exact) mass is 236 g/mol. The van der Waals surface area contributed by atoms with E-state index in [4.69, 9.17) is 17.5 Å². The maximum Gasteiger partial charge on any atom is 0.134 e. The highest BCUT2D eigenvalue weighted by Gasteiger charge is 1.96. The molecule has 0 unspecified atom stereocenters. The molecule has 0 aliphatic carbocycles. The van der Waals surface area contributed by atoms with Gasteiger partial charge in [-0.2, -0.15) is 5.26 Å². The van der Waals surface area contributed by atoms with Gasteiger partial charge in [-0.15, -0.1) is 0 Å². The summed E-state index contributed by atoms with van der Waals surface area (Å²) in [5.74, 6) is 0.761. The average molecular weight is 236 g/mol. The molecule has 1 N–H and O–H groups in total. The number of thiocarbonyl (C=S) groups is 1. The Morgan fingerprint density at radius 2 is 2.13 bits per heavy atom. The van der Waals surface area contributed by atoms with Crippen LogP contribution >= 0.6 is 24.0 Å². The van der Waals surface area contributed by atoms with Crippen molar-refractivity contribution in [2.75, 3.05) is 5.75 Å². The zero-order valence-electron chi connectivity index (χ0n) is 8.27. The highest BCUT2D eigenvalue weighted by molar-refractivity contribution is 8.22. The molecule has 0 aliphatic heterocycles. The average Bonchev–Trinajstić information content (AvgIpc) is 2.28. The van der Waals surface area contributed by atoms with Gasteiger partial charge in [0, 0.05) is 18.7 Å². The molecule has 4 heteroatoms. The molecule has 0 spiro atoms. The lowest BCUT2D eigenvalue weighted by Gasteiger charge is -2.06. The highest BCUT2D eigenvalue weighted by atomic mass is 32.2. The van der Waals surface area contributed by atoms with Gasteiger partial charge in [0.1, 0.15) is 4.32 Å². The Morgan fingerprint density at radius 1 is 1.40 bits per heavy atom. The molecular weight excluding hydrogens is 224 g/mol. The molecule has 0 saturated carbocycles. The minimum absolute atomic E-state index is 0.540. The Hall–Kier alpha value is -1.05. The molecule has 0 aromatic heterocycles. The van der Waals surface area contributed by atoms with Crippen molar-refractivity contribution in [3.8, 4) is 6.07 Å². The number of nitrogens with zero attached hydrogens (tertiary/aromatic N) is 1. The minimum Gasteiger partial charge on any atom is -0.367 e. The molecule has 2 nitrogen and oxygen atoms in total. The van der Waals surface area contributed by atoms with Crippen LogP contribution < -0.4 is 5.32 Å². The van der Waals surface area contributed by atoms with Gasteiger partial charge in [0.15, 0.2) is 0 Å². The predicted octanol–water partition coefficient (Wildman–Crippen LogP) is 2.71. The first-order chi connectivity index (χ1) is 7.33. The fourth-order valence-corrected chi connectivity index (χ4v) is 1.89. The molecule has 15 heavy (non-hydrogen) atoms. The van der Waals surface area contributed by atoms with Gasteiger partial charge >= 0.3 is 0 Å². The highest BCUT2D eigenvalue weighted by Crippen LogP contribution is 2.05. The summed E-state index contributed by atoms with van der Waals surface area (Å²) in [6.07, 6.45) is 0.540. The van der Waals surface area contributed by atoms with E-state index in [2.05, 4.69) is 23.5 Å². The number of nitrogens with one attached hydrogen (secondary N) is 1. The second kappa shape index (κ2) is 7.27. The van der Waals surface area contributed by atoms with E-state index >= 15 is 0 Å². The Bertz CT molecular complexity index is 343. The van der Waals surface area contributed by atoms with Crippen LogP contribution in [0, 0.1) is 11.3 Å². The molecule has 0 radical (unpaired) electrons. The van der Waals surface area contributed by atoms with E-state index < -0.39 is 0 Å². The lowest BCUT2D eigenvalue weighted by Crippen LogP contribution is -2.17. The predicted molar refractivity (Wildman–Crippen MR) is 68.6 cm³/mol. The van der Waals surface area contributed by atoms with Gasteiger partial charge in [0.05, 0.1) is 6.07 Å². The second-order valence-electron chi connectivity index (χ2n) is 2.88. The minimum atomic E-state index is 0.540. The van der Waals surface area contributed by atoms with Crippen LogP contribution in [0.15, 0.2) is 30.3 Å². The van der Waals surface area contributed by atoms with Crippen LogP contribution in [0.1, 0.15) is 12.0 Å². The molecule has 0 fully saturated rings. The molecule has 0 saturated heterocycles. The quantitative estimate of drug-likeness (QED) is 0.644. The zero-order valence-corrected chi connectivity index (χ0v) is 9.90. The van der Waals surface area contributed by atoms with Crippen LogP contribution in [0.3, 0.4) is 0 Å². The smallest absolute Gasteiger partial charge is 0.134 e. The van der Waals surface area contributed by atoms with Crippen LogP contribution in [0.25, 0.3) is 0 Å². The fourth-order valence-electron chi connectivity index (χ4n) is 1.01. The van der Waals surface area contributed by atoms with Crippen molar-refractivity contribution in [1.82, 2.24) is 5.32 Å². The summed E-state index contributed by atoms with van der Waals surface area (Å²) in [5, 5.41) is 11.5. The largest absolute Gasteiger partial charge is 0.367 e. The number of hydrogen-bond acceptors (Lipinski definition) is 3. The summed E-state index contributed by atoms with van der Waals surface area (Å²) in [7, 11) is 0. The fraction of sp³-hybridized carbons (Fsp3) is 0.273. The van der Waals surface area contributed by atoms with E-state index in [0.717, 1.165) is 16.6 Å². The topological polar surface area (TPSA) is 35.8 Å². The first-order valence-electron chi connectivity index (χ1n) is 4.64. The van der Waals surface area contributed by atoms with Crippen molar-refractivity contribution in [3.63, 3.8) is 0 Å². The van der Waals surface area contributed by atoms with Crippen molar-refractivity contribution < 1.29 is 0 Å². The molecule has 1 rings (SSSR count). The van der Waals surface area contributed by atoms with Crippen LogP contribution in [-0.4, -0.2) is 10.1 Å². The molecule has 1 aromatic rings. The van der Waals surface area contributed by atoms with E-state index in [9.17, 15) is 0 Å². The van der Waals surface area contributed by atoms with Gasteiger partial charge in [-0.1, -0.05) is 54.3 Å². The number of hydrogen-bond donors (Lipinski definition) is 1. The lowest BCUT2D eigenvalue weighted by molar-refractivity contribution is 0.939. The third kappa shape index (κ3) is 5.40. The molecular formula is C11H12N2S2. The Morgan fingerprint density at radius 3 is 2.80 bits per heavy atom. The maximum absolute atomic E-state index is 8.36. The van der Waals surface area contributed by atoms with E-state index in [1.807, 2.05) is 18.2 Å². The van der Waals surface area contributed by atoms with Crippen LogP contribution in [0.4, 0.5) is 0 Å². The third-order valence-electron chi connectivity index (χ3n) is 1.73. The first-order valence-corrected chi connectivity index (χ1v) is 6.04. The molecule has 0 bridgehead atoms. The molecule has 0 amide bonds. The van der Waals surface area contributed by atoms with E-state index in [1.165, 1.54) is 17.3 Å². The van der Waals surface area contributed by atoms with Gasteiger partial charge < -0.3 is 5.32 Å². The van der Waals surface area contributed by atoms with Crippen molar-refractivity contribution in [2.45, 2.75) is 13.0 Å². The number of benzene rings is 1. The van der Waals surface area contributed by atoms with E-state index in [-0.39, 0.29) is 0 Å². The standard InChI is InChI=1S/C11H12N2S2/c12-7-4-8-15-11(14)13-9-10-5-2-1-3-6-10/h1-3,5-6H,4,8-9H2,(H,13,14). The van der Waals surface area contributed by atoms with Crippen molar-refractivity contribution >= 4 is 28.3 Å². The molecule has 0 heterocycles. The summed E-state index contributed by atoms with van der Waals surface area (Å²) >= 11 is 6.63. The summed E-state index contributed by atoms with van der Waals surface area (Å²) in [6.45, 7) is 0.749. The van der Waals surface area contributed by atoms with Crippen molar-refractivity contribution in [3.05, 3.63) is 35.9 Å². The Kier molecular flexibility index (Phi) is 5.83. The number of nitriles is 1. The van der Waals surface area contributed by atoms with Crippen molar-refractivity contribution in [1.29, 1.82) is 5.26 Å². The van der Waals surface area contributed by atoms with E-state index in [1.54, 1.807) is 0 Å². The second-order valence-corrected chi connectivity index (χ2v) is 4.66. The lowest BCUT2D eigenvalue weighted by atomic mass is 10.2. The van der Waals surface area contributed by atoms with E-state index in [0.29, 0.717) is 6.42 Å². The number of thioether (sulfide) groups is 1. The van der Waals surface area contributed by atoms with Crippen molar-refractivity contribution in [2.24, 2.45) is 0 Å². The van der Waals surface area contributed by atoms with Crippen LogP contribution in [0.5, 0.6) is 0 Å². The van der Waals surface area contributed by atoms with Gasteiger partial charge in [0.2, 0.25) is 0 Å². The maximum atomic E-state index is 8.36. The summed E-state index contributed by atoms with van der Waals surface area (Å²) in [4.78, 5) is 0. The molecule has 0 aliphatic rings. The van der Waals surface area contributed by atoms with Gasteiger partial charge in [-0.3, -0.25) is 0 Å². The molecule has 0 atom stereocenters. The summed E-state index contributed by atoms with van der Waals surface area (Å²) in [6, 6.07) is 12.2. The van der Waals surface area contributed by atoms with Gasteiger partial charge in [-0.25, -0.2) is 0 Å². The van der Waals surface area contributed by atoms with Gasteiger partial charge in [-0.05, 0) is 5.56 Å². The first kappa shape index (κ1) is 12.0. The van der Waals surface area contributed by atoms with Crippen LogP contribution in [0.2, 0.25) is 0 Å². The summed E-state index contributed by atoms with van der Waals surface area (Å²) < 4.78 is 0.758.